The molecule has 19 heavy (non-hydrogen) atoms. The maximum Gasteiger partial charge on any atom is 0.238 e. The average Bonchev–Trinajstić information content (AvgIpc) is 3.22. The zero-order valence-corrected chi connectivity index (χ0v) is 11.0. The van der Waals surface area contributed by atoms with Gasteiger partial charge in [0.05, 0.1) is 24.6 Å². The Bertz CT molecular complexity index is 504. The van der Waals surface area contributed by atoms with E-state index in [1.807, 2.05) is 19.1 Å². The van der Waals surface area contributed by atoms with Crippen molar-refractivity contribution in [2.75, 3.05) is 11.9 Å². The first kappa shape index (κ1) is 13.5. The van der Waals surface area contributed by atoms with Crippen LogP contribution in [-0.4, -0.2) is 17.5 Å². The number of nitriles is 1. The molecule has 0 spiro atoms. The number of amides is 1. The molecule has 2 rings (SSSR count). The van der Waals surface area contributed by atoms with Crippen LogP contribution in [-0.2, 0) is 16.1 Å². The van der Waals surface area contributed by atoms with Gasteiger partial charge in [0.2, 0.25) is 5.91 Å². The Morgan fingerprint density at radius 3 is 3.05 bits per heavy atom. The molecule has 1 aliphatic rings. The minimum atomic E-state index is -0.318. The molecule has 0 unspecified atom stereocenters. The number of carbonyl (C=O) groups is 1. The fourth-order valence-corrected chi connectivity index (χ4v) is 1.83. The number of pyridine rings is 1. The van der Waals surface area contributed by atoms with Crippen LogP contribution in [0.1, 0.15) is 43.4 Å². The number of rotatable bonds is 6. The number of nitrogens with one attached hydrogen (secondary N) is 1. The Kier molecular flexibility index (Phi) is 4.48. The third-order valence-electron chi connectivity index (χ3n) is 2.98. The van der Waals surface area contributed by atoms with Crippen LogP contribution in [0.5, 0.6) is 0 Å². The van der Waals surface area contributed by atoms with Crippen LogP contribution in [0, 0.1) is 11.3 Å². The average molecular weight is 259 g/mol. The minimum absolute atomic E-state index is 0.154. The Labute approximate surface area is 112 Å². The molecular formula is C14H17N3O2. The summed E-state index contributed by atoms with van der Waals surface area (Å²) in [7, 11) is 0. The molecule has 5 heteroatoms. The number of aromatic nitrogens is 1. The molecule has 1 heterocycles. The largest absolute Gasteiger partial charge is 0.377 e. The van der Waals surface area contributed by atoms with Crippen LogP contribution in [0.25, 0.3) is 0 Å². The second-order valence-corrected chi connectivity index (χ2v) is 4.56. The van der Waals surface area contributed by atoms with Crippen LogP contribution >= 0.6 is 0 Å². The van der Waals surface area contributed by atoms with E-state index >= 15 is 0 Å². The van der Waals surface area contributed by atoms with Gasteiger partial charge in [-0.05, 0) is 25.8 Å². The summed E-state index contributed by atoms with van der Waals surface area (Å²) in [6.45, 7) is 2.99. The van der Waals surface area contributed by atoms with Crippen LogP contribution in [0.3, 0.4) is 0 Å². The zero-order chi connectivity index (χ0) is 13.7. The molecule has 1 saturated carbocycles. The van der Waals surface area contributed by atoms with Crippen molar-refractivity contribution in [3.63, 3.8) is 0 Å². The monoisotopic (exact) mass is 259 g/mol. The Morgan fingerprint density at radius 1 is 1.63 bits per heavy atom. The molecule has 5 nitrogen and oxygen atoms in total. The summed E-state index contributed by atoms with van der Waals surface area (Å²) < 4.78 is 5.41. The number of hydrogen-bond donors (Lipinski definition) is 1. The van der Waals surface area contributed by atoms with Crippen LogP contribution in [0.4, 0.5) is 5.69 Å². The highest BCUT2D eigenvalue weighted by Crippen LogP contribution is 2.39. The first-order chi connectivity index (χ1) is 9.24. The van der Waals surface area contributed by atoms with E-state index in [1.165, 1.54) is 12.8 Å². The summed E-state index contributed by atoms with van der Waals surface area (Å²) in [5, 5.41) is 11.2. The van der Waals surface area contributed by atoms with Gasteiger partial charge in [0.25, 0.3) is 0 Å². The number of nitrogens with zero attached hydrogens (tertiary/aromatic N) is 2. The summed E-state index contributed by atoms with van der Waals surface area (Å²) in [5.74, 6) is 0.241. The molecule has 1 N–H and O–H groups in total. The summed E-state index contributed by atoms with van der Waals surface area (Å²) in [4.78, 5) is 15.8. The summed E-state index contributed by atoms with van der Waals surface area (Å²) in [6, 6.07) is 3.82. The molecule has 1 fully saturated rings. The third-order valence-corrected chi connectivity index (χ3v) is 2.98. The van der Waals surface area contributed by atoms with E-state index in [2.05, 4.69) is 10.3 Å². The van der Waals surface area contributed by atoms with Crippen molar-refractivity contribution >= 4 is 11.6 Å². The fraction of sp³-hybridized carbons (Fsp3) is 0.500. The Balaban J connectivity index is 2.15. The quantitative estimate of drug-likeness (QED) is 0.850. The topological polar surface area (TPSA) is 75.0 Å². The molecule has 0 bridgehead atoms. The Hall–Kier alpha value is -1.93. The number of carbonyl (C=O) groups excluding carboxylic acids is 1. The normalized spacial score (nSPS) is 13.9. The van der Waals surface area contributed by atoms with Crippen molar-refractivity contribution in [1.29, 1.82) is 5.26 Å². The van der Waals surface area contributed by atoms with E-state index in [1.54, 1.807) is 6.20 Å². The second kappa shape index (κ2) is 6.30. The number of hydrogen-bond acceptors (Lipinski definition) is 4. The van der Waals surface area contributed by atoms with E-state index in [9.17, 15) is 4.79 Å². The highest BCUT2D eigenvalue weighted by atomic mass is 16.5. The number of ether oxygens (including phenoxy) is 1. The molecule has 0 aromatic carbocycles. The molecule has 1 aliphatic carbocycles. The molecule has 0 aliphatic heterocycles. The van der Waals surface area contributed by atoms with Crippen molar-refractivity contribution in [2.24, 2.45) is 0 Å². The standard InChI is InChI=1S/C14H17N3O2/c1-2-19-9-11-7-12(10-3-4-10)16-8-13(11)17-14(18)5-6-15/h7-8,10H,2-5,9H2,1H3,(H,17,18). The van der Waals surface area contributed by atoms with E-state index < -0.39 is 0 Å². The van der Waals surface area contributed by atoms with Gasteiger partial charge in [0, 0.05) is 23.8 Å². The highest BCUT2D eigenvalue weighted by Gasteiger charge is 2.25. The predicted octanol–water partition coefficient (Wildman–Crippen LogP) is 2.35. The van der Waals surface area contributed by atoms with E-state index in [0.717, 1.165) is 11.3 Å². The SMILES string of the molecule is CCOCc1cc(C2CC2)ncc1NC(=O)CC#N. The summed E-state index contributed by atoms with van der Waals surface area (Å²) in [6.07, 6.45) is 3.87. The van der Waals surface area contributed by atoms with Crippen LogP contribution in [0.15, 0.2) is 12.3 Å². The lowest BCUT2D eigenvalue weighted by molar-refractivity contribution is -0.115. The molecule has 1 amide bonds. The van der Waals surface area contributed by atoms with E-state index in [0.29, 0.717) is 24.8 Å². The lowest BCUT2D eigenvalue weighted by Crippen LogP contribution is -2.13. The molecule has 0 atom stereocenters. The van der Waals surface area contributed by atoms with Gasteiger partial charge in [0.1, 0.15) is 6.42 Å². The van der Waals surface area contributed by atoms with Gasteiger partial charge in [0.15, 0.2) is 0 Å². The lowest BCUT2D eigenvalue weighted by atomic mass is 10.1. The predicted molar refractivity (Wildman–Crippen MR) is 70.4 cm³/mol. The molecule has 0 saturated heterocycles. The van der Waals surface area contributed by atoms with E-state index in [4.69, 9.17) is 10.00 Å². The van der Waals surface area contributed by atoms with Crippen molar-refractivity contribution < 1.29 is 9.53 Å². The van der Waals surface area contributed by atoms with Gasteiger partial charge in [-0.1, -0.05) is 0 Å². The summed E-state index contributed by atoms with van der Waals surface area (Å²) >= 11 is 0. The van der Waals surface area contributed by atoms with Gasteiger partial charge >= 0.3 is 0 Å². The first-order valence-corrected chi connectivity index (χ1v) is 6.48. The molecular weight excluding hydrogens is 242 g/mol. The van der Waals surface area contributed by atoms with Gasteiger partial charge in [-0.25, -0.2) is 0 Å². The van der Waals surface area contributed by atoms with E-state index in [-0.39, 0.29) is 12.3 Å². The van der Waals surface area contributed by atoms with Gasteiger partial charge < -0.3 is 10.1 Å². The maximum atomic E-state index is 11.5. The Morgan fingerprint density at radius 2 is 2.42 bits per heavy atom. The van der Waals surface area contributed by atoms with Gasteiger partial charge in [-0.15, -0.1) is 0 Å². The van der Waals surface area contributed by atoms with Gasteiger partial charge in [-0.3, -0.25) is 9.78 Å². The minimum Gasteiger partial charge on any atom is -0.377 e. The van der Waals surface area contributed by atoms with Crippen molar-refractivity contribution in [3.8, 4) is 6.07 Å². The van der Waals surface area contributed by atoms with Crippen molar-refractivity contribution in [3.05, 3.63) is 23.5 Å². The zero-order valence-electron chi connectivity index (χ0n) is 11.0. The summed E-state index contributed by atoms with van der Waals surface area (Å²) in [5.41, 5.74) is 2.62. The maximum absolute atomic E-state index is 11.5. The fourth-order valence-electron chi connectivity index (χ4n) is 1.83. The highest BCUT2D eigenvalue weighted by molar-refractivity contribution is 5.92. The van der Waals surface area contributed by atoms with Crippen molar-refractivity contribution in [2.45, 2.75) is 38.7 Å². The third kappa shape index (κ3) is 3.76. The first-order valence-electron chi connectivity index (χ1n) is 6.48. The molecule has 0 radical (unpaired) electrons. The number of anilines is 1. The van der Waals surface area contributed by atoms with Crippen molar-refractivity contribution in [1.82, 2.24) is 4.98 Å². The van der Waals surface area contributed by atoms with Crippen LogP contribution < -0.4 is 5.32 Å². The molecule has 100 valence electrons. The van der Waals surface area contributed by atoms with Crippen LogP contribution in [0.2, 0.25) is 0 Å². The second-order valence-electron chi connectivity index (χ2n) is 4.56. The smallest absolute Gasteiger partial charge is 0.238 e. The lowest BCUT2D eigenvalue weighted by Gasteiger charge is -2.11. The molecule has 1 aromatic rings. The van der Waals surface area contributed by atoms with Gasteiger partial charge in [-0.2, -0.15) is 5.26 Å². The molecule has 1 aromatic heterocycles.